The summed E-state index contributed by atoms with van der Waals surface area (Å²) in [6, 6.07) is 10.2. The molecule has 0 radical (unpaired) electrons. The van der Waals surface area contributed by atoms with E-state index >= 15 is 0 Å². The van der Waals surface area contributed by atoms with Crippen molar-refractivity contribution < 1.29 is 0 Å². The Kier molecular flexibility index (Phi) is 2.96. The number of benzene rings is 2. The lowest BCUT2D eigenvalue weighted by atomic mass is 10.0. The van der Waals surface area contributed by atoms with Gasteiger partial charge in [0.15, 0.2) is 5.43 Å². The zero-order chi connectivity index (χ0) is 15.3. The molecule has 3 aromatic rings. The molecular formula is C19H20N2O. The summed E-state index contributed by atoms with van der Waals surface area (Å²) in [5.41, 5.74) is 5.45. The number of nitrogens with zero attached hydrogens (tertiary/aromatic N) is 1. The zero-order valence-corrected chi connectivity index (χ0v) is 13.1. The van der Waals surface area contributed by atoms with E-state index in [2.05, 4.69) is 35.0 Å². The number of para-hydroxylation sites is 1. The summed E-state index contributed by atoms with van der Waals surface area (Å²) in [4.78, 5) is 18.9. The van der Waals surface area contributed by atoms with Gasteiger partial charge in [-0.05, 0) is 56.0 Å². The third kappa shape index (κ3) is 1.92. The smallest absolute Gasteiger partial charge is 0.197 e. The van der Waals surface area contributed by atoms with Crippen LogP contribution in [0.25, 0.3) is 21.8 Å². The highest BCUT2D eigenvalue weighted by molar-refractivity contribution is 5.99. The van der Waals surface area contributed by atoms with Gasteiger partial charge in [-0.3, -0.25) is 4.79 Å². The van der Waals surface area contributed by atoms with E-state index in [0.29, 0.717) is 0 Å². The number of aryl methyl sites for hydroxylation is 2. The Labute approximate surface area is 129 Å². The number of fused-ring (bicyclic) bond motifs is 2. The molecular weight excluding hydrogens is 272 g/mol. The maximum Gasteiger partial charge on any atom is 0.197 e. The van der Waals surface area contributed by atoms with Crippen LogP contribution in [0, 0.1) is 13.8 Å². The van der Waals surface area contributed by atoms with Gasteiger partial charge in [0.1, 0.15) is 0 Å². The van der Waals surface area contributed by atoms with E-state index in [-0.39, 0.29) is 5.43 Å². The summed E-state index contributed by atoms with van der Waals surface area (Å²) >= 11 is 0. The van der Waals surface area contributed by atoms with Crippen molar-refractivity contribution in [2.45, 2.75) is 26.7 Å². The predicted octanol–water partition coefficient (Wildman–Crippen LogP) is 3.90. The molecule has 1 aliphatic heterocycles. The molecule has 0 spiro atoms. The van der Waals surface area contributed by atoms with Crippen LogP contribution in [0.1, 0.15) is 24.0 Å². The normalized spacial score (nSPS) is 15.1. The van der Waals surface area contributed by atoms with Gasteiger partial charge in [0, 0.05) is 23.9 Å². The first-order valence-corrected chi connectivity index (χ1v) is 7.96. The molecule has 4 rings (SSSR count). The van der Waals surface area contributed by atoms with Crippen LogP contribution in [0.15, 0.2) is 35.1 Å². The van der Waals surface area contributed by atoms with Gasteiger partial charge in [-0.2, -0.15) is 0 Å². The van der Waals surface area contributed by atoms with Crippen molar-refractivity contribution in [3.63, 3.8) is 0 Å². The molecule has 112 valence electrons. The summed E-state index contributed by atoms with van der Waals surface area (Å²) in [5.74, 6) is 0. The monoisotopic (exact) mass is 292 g/mol. The van der Waals surface area contributed by atoms with E-state index in [1.807, 2.05) is 19.1 Å². The van der Waals surface area contributed by atoms with Crippen LogP contribution in [0.2, 0.25) is 0 Å². The minimum Gasteiger partial charge on any atom is -0.370 e. The molecule has 1 aliphatic rings. The van der Waals surface area contributed by atoms with E-state index in [1.165, 1.54) is 18.4 Å². The lowest BCUT2D eigenvalue weighted by Gasteiger charge is -2.20. The number of rotatable bonds is 1. The first-order chi connectivity index (χ1) is 10.6. The van der Waals surface area contributed by atoms with Crippen LogP contribution in [0.5, 0.6) is 0 Å². The van der Waals surface area contributed by atoms with Crippen LogP contribution in [0.3, 0.4) is 0 Å². The SMILES string of the molecule is Cc1cc(C)c2c(=O)c3cccc(N4CCCC4)c3[nH]c2c1. The van der Waals surface area contributed by atoms with Crippen molar-refractivity contribution in [2.75, 3.05) is 18.0 Å². The van der Waals surface area contributed by atoms with Gasteiger partial charge in [0.05, 0.1) is 16.7 Å². The van der Waals surface area contributed by atoms with E-state index in [9.17, 15) is 4.79 Å². The molecule has 0 aliphatic carbocycles. The highest BCUT2D eigenvalue weighted by Crippen LogP contribution is 2.29. The molecule has 2 aromatic carbocycles. The Hall–Kier alpha value is -2.29. The third-order valence-corrected chi connectivity index (χ3v) is 4.70. The van der Waals surface area contributed by atoms with Crippen molar-refractivity contribution in [3.05, 3.63) is 51.7 Å². The van der Waals surface area contributed by atoms with Gasteiger partial charge in [0.2, 0.25) is 0 Å². The fourth-order valence-corrected chi connectivity index (χ4v) is 3.72. The molecule has 1 saturated heterocycles. The van der Waals surface area contributed by atoms with Crippen molar-refractivity contribution in [2.24, 2.45) is 0 Å². The first-order valence-electron chi connectivity index (χ1n) is 7.96. The number of nitrogens with one attached hydrogen (secondary N) is 1. The number of hydrogen-bond donors (Lipinski definition) is 1. The molecule has 0 atom stereocenters. The Balaban J connectivity index is 2.11. The molecule has 0 saturated carbocycles. The highest BCUT2D eigenvalue weighted by atomic mass is 16.1. The van der Waals surface area contributed by atoms with Crippen molar-refractivity contribution >= 4 is 27.5 Å². The van der Waals surface area contributed by atoms with Gasteiger partial charge in [-0.1, -0.05) is 12.1 Å². The van der Waals surface area contributed by atoms with Crippen molar-refractivity contribution in [3.8, 4) is 0 Å². The molecule has 22 heavy (non-hydrogen) atoms. The number of hydrogen-bond acceptors (Lipinski definition) is 2. The minimum atomic E-state index is 0.141. The second kappa shape index (κ2) is 4.87. The van der Waals surface area contributed by atoms with Gasteiger partial charge in [0.25, 0.3) is 0 Å². The lowest BCUT2D eigenvalue weighted by Crippen LogP contribution is -2.19. The lowest BCUT2D eigenvalue weighted by molar-refractivity contribution is 0.949. The Bertz CT molecular complexity index is 933. The fraction of sp³-hybridized carbons (Fsp3) is 0.316. The van der Waals surface area contributed by atoms with Crippen molar-refractivity contribution in [1.82, 2.24) is 4.98 Å². The molecule has 1 fully saturated rings. The Morgan fingerprint density at radius 2 is 1.86 bits per heavy atom. The number of aromatic nitrogens is 1. The number of H-pyrrole nitrogens is 1. The van der Waals surface area contributed by atoms with Gasteiger partial charge < -0.3 is 9.88 Å². The topological polar surface area (TPSA) is 36.1 Å². The number of aromatic amines is 1. The van der Waals surface area contributed by atoms with E-state index < -0.39 is 0 Å². The number of anilines is 1. The largest absolute Gasteiger partial charge is 0.370 e. The fourth-order valence-electron chi connectivity index (χ4n) is 3.72. The third-order valence-electron chi connectivity index (χ3n) is 4.70. The molecule has 1 aromatic heterocycles. The van der Waals surface area contributed by atoms with Crippen LogP contribution >= 0.6 is 0 Å². The molecule has 0 bridgehead atoms. The van der Waals surface area contributed by atoms with Crippen LogP contribution < -0.4 is 10.3 Å². The van der Waals surface area contributed by atoms with Gasteiger partial charge >= 0.3 is 0 Å². The summed E-state index contributed by atoms with van der Waals surface area (Å²) in [5, 5.41) is 1.61. The molecule has 0 unspecified atom stereocenters. The maximum absolute atomic E-state index is 12.9. The predicted molar refractivity (Wildman–Crippen MR) is 93.0 cm³/mol. The van der Waals surface area contributed by atoms with Crippen LogP contribution in [0.4, 0.5) is 5.69 Å². The molecule has 3 heteroatoms. The van der Waals surface area contributed by atoms with E-state index in [4.69, 9.17) is 0 Å². The van der Waals surface area contributed by atoms with E-state index in [0.717, 1.165) is 46.1 Å². The van der Waals surface area contributed by atoms with Gasteiger partial charge in [-0.25, -0.2) is 0 Å². The molecule has 3 nitrogen and oxygen atoms in total. The first kappa shape index (κ1) is 13.4. The maximum atomic E-state index is 12.9. The molecule has 0 amide bonds. The summed E-state index contributed by atoms with van der Waals surface area (Å²) < 4.78 is 0. The molecule has 2 heterocycles. The van der Waals surface area contributed by atoms with E-state index in [1.54, 1.807) is 0 Å². The minimum absolute atomic E-state index is 0.141. The second-order valence-corrected chi connectivity index (χ2v) is 6.35. The average molecular weight is 292 g/mol. The second-order valence-electron chi connectivity index (χ2n) is 6.35. The summed E-state index contributed by atoms with van der Waals surface area (Å²) in [6.45, 7) is 6.24. The quantitative estimate of drug-likeness (QED) is 0.691. The average Bonchev–Trinajstić information content (AvgIpc) is 3.00. The summed E-state index contributed by atoms with van der Waals surface area (Å²) in [6.07, 6.45) is 2.46. The number of pyridine rings is 1. The summed E-state index contributed by atoms with van der Waals surface area (Å²) in [7, 11) is 0. The molecule has 1 N–H and O–H groups in total. The van der Waals surface area contributed by atoms with Crippen LogP contribution in [-0.2, 0) is 0 Å². The van der Waals surface area contributed by atoms with Crippen molar-refractivity contribution in [1.29, 1.82) is 0 Å². The van der Waals surface area contributed by atoms with Gasteiger partial charge in [-0.15, -0.1) is 0 Å². The Morgan fingerprint density at radius 1 is 1.09 bits per heavy atom. The highest BCUT2D eigenvalue weighted by Gasteiger charge is 2.17. The Morgan fingerprint density at radius 3 is 2.64 bits per heavy atom. The standard InChI is InChI=1S/C19H20N2O/c1-12-10-13(2)17-15(11-12)20-18-14(19(17)22)6-5-7-16(18)21-8-3-4-9-21/h5-7,10-11H,3-4,8-9H2,1-2H3,(H,20,22). The zero-order valence-electron chi connectivity index (χ0n) is 13.1. The van der Waals surface area contributed by atoms with Crippen LogP contribution in [-0.4, -0.2) is 18.1 Å².